The van der Waals surface area contributed by atoms with Gasteiger partial charge in [0, 0.05) is 31.6 Å². The third-order valence-corrected chi connectivity index (χ3v) is 4.59. The molecule has 6 heteroatoms. The van der Waals surface area contributed by atoms with Crippen LogP contribution in [0.5, 0.6) is 0 Å². The molecule has 2 aliphatic heterocycles. The lowest BCUT2D eigenvalue weighted by atomic mass is 10.2. The summed E-state index contributed by atoms with van der Waals surface area (Å²) in [6.45, 7) is 6.08. The number of rotatable bonds is 5. The molecule has 2 saturated heterocycles. The van der Waals surface area contributed by atoms with Crippen LogP contribution in [0.15, 0.2) is 10.7 Å². The van der Waals surface area contributed by atoms with Gasteiger partial charge >= 0.3 is 0 Å². The maximum absolute atomic E-state index is 5.96. The van der Waals surface area contributed by atoms with E-state index in [1.54, 1.807) is 0 Å². The summed E-state index contributed by atoms with van der Waals surface area (Å²) in [6, 6.07) is 2.59. The summed E-state index contributed by atoms with van der Waals surface area (Å²) < 4.78 is 6.80. The summed E-state index contributed by atoms with van der Waals surface area (Å²) in [6.07, 6.45) is 4.82. The maximum atomic E-state index is 5.96. The molecule has 116 valence electrons. The van der Waals surface area contributed by atoms with Crippen LogP contribution in [0.1, 0.15) is 32.0 Å². The number of hydrogen-bond acceptors (Lipinski definition) is 5. The van der Waals surface area contributed by atoms with Gasteiger partial charge < -0.3 is 10.1 Å². The lowest BCUT2D eigenvalue weighted by Crippen LogP contribution is -2.48. The van der Waals surface area contributed by atoms with E-state index in [2.05, 4.69) is 43.0 Å². The van der Waals surface area contributed by atoms with E-state index in [1.165, 1.54) is 19.4 Å². The van der Waals surface area contributed by atoms with Crippen LogP contribution in [0.25, 0.3) is 0 Å². The van der Waals surface area contributed by atoms with Crippen LogP contribution < -0.4 is 5.32 Å². The highest BCUT2D eigenvalue weighted by atomic mass is 79.9. The van der Waals surface area contributed by atoms with E-state index in [1.807, 2.05) is 6.07 Å². The van der Waals surface area contributed by atoms with Gasteiger partial charge in [-0.25, -0.2) is 9.97 Å². The Morgan fingerprint density at radius 1 is 1.48 bits per heavy atom. The molecular weight excluding hydrogens is 332 g/mol. The van der Waals surface area contributed by atoms with E-state index in [9.17, 15) is 0 Å². The molecule has 3 heterocycles. The van der Waals surface area contributed by atoms with E-state index in [4.69, 9.17) is 4.74 Å². The molecule has 1 aromatic rings. The van der Waals surface area contributed by atoms with Crippen LogP contribution in [-0.2, 0) is 11.2 Å². The van der Waals surface area contributed by atoms with Crippen LogP contribution in [0.4, 0.5) is 5.82 Å². The van der Waals surface area contributed by atoms with Gasteiger partial charge in [-0.05, 0) is 41.7 Å². The number of aryl methyl sites for hydroxylation is 1. The summed E-state index contributed by atoms with van der Waals surface area (Å²) in [4.78, 5) is 11.5. The summed E-state index contributed by atoms with van der Waals surface area (Å²) in [5.74, 6) is 1.77. The van der Waals surface area contributed by atoms with E-state index in [-0.39, 0.29) is 6.10 Å². The Morgan fingerprint density at radius 3 is 3.24 bits per heavy atom. The zero-order valence-electron chi connectivity index (χ0n) is 12.5. The van der Waals surface area contributed by atoms with Crippen LogP contribution in [0, 0.1) is 0 Å². The van der Waals surface area contributed by atoms with Gasteiger partial charge in [0.1, 0.15) is 16.2 Å². The number of ether oxygens (including phenoxy) is 1. The molecule has 1 N–H and O–H groups in total. The first-order chi connectivity index (χ1) is 10.2. The Labute approximate surface area is 134 Å². The Balaban J connectivity index is 1.55. The molecule has 5 nitrogen and oxygen atoms in total. The highest BCUT2D eigenvalue weighted by Crippen LogP contribution is 2.23. The molecule has 0 radical (unpaired) electrons. The number of fused-ring (bicyclic) bond motifs is 1. The van der Waals surface area contributed by atoms with Crippen molar-refractivity contribution in [2.45, 2.75) is 44.8 Å². The Kier molecular flexibility index (Phi) is 5.08. The molecule has 0 amide bonds. The van der Waals surface area contributed by atoms with Crippen molar-refractivity contribution < 1.29 is 4.74 Å². The molecule has 2 atom stereocenters. The topological polar surface area (TPSA) is 50.3 Å². The molecular formula is C15H23BrN4O. The molecule has 0 spiro atoms. The Morgan fingerprint density at radius 2 is 2.38 bits per heavy atom. The van der Waals surface area contributed by atoms with Crippen LogP contribution >= 0.6 is 15.9 Å². The minimum absolute atomic E-state index is 0.253. The van der Waals surface area contributed by atoms with Gasteiger partial charge in [-0.15, -0.1) is 0 Å². The number of halogens is 1. The second-order valence-corrected chi connectivity index (χ2v) is 6.68. The maximum Gasteiger partial charge on any atom is 0.132 e. The van der Waals surface area contributed by atoms with Crippen molar-refractivity contribution in [1.29, 1.82) is 0 Å². The smallest absolute Gasteiger partial charge is 0.132 e. The van der Waals surface area contributed by atoms with Crippen molar-refractivity contribution in [2.24, 2.45) is 0 Å². The second kappa shape index (κ2) is 7.03. The predicted molar refractivity (Wildman–Crippen MR) is 86.6 cm³/mol. The predicted octanol–water partition coefficient (Wildman–Crippen LogP) is 2.47. The standard InChI is InChI=1S/C15H23BrN4O/c1-2-4-14-18-13(16)7-15(19-14)17-8-12-9-20-6-3-5-11(20)10-21-12/h7,11-12H,2-6,8-10H2,1H3,(H,17,18,19). The fourth-order valence-electron chi connectivity index (χ4n) is 3.12. The fourth-order valence-corrected chi connectivity index (χ4v) is 3.54. The van der Waals surface area contributed by atoms with Gasteiger partial charge in [0.15, 0.2) is 0 Å². The number of aromatic nitrogens is 2. The molecule has 2 aliphatic rings. The van der Waals surface area contributed by atoms with Gasteiger partial charge in [-0.2, -0.15) is 0 Å². The first-order valence-corrected chi connectivity index (χ1v) is 8.67. The summed E-state index contributed by atoms with van der Waals surface area (Å²) in [7, 11) is 0. The zero-order valence-corrected chi connectivity index (χ0v) is 14.1. The molecule has 0 bridgehead atoms. The van der Waals surface area contributed by atoms with Crippen molar-refractivity contribution in [3.63, 3.8) is 0 Å². The summed E-state index contributed by atoms with van der Waals surface area (Å²) in [5.41, 5.74) is 0. The van der Waals surface area contributed by atoms with E-state index < -0.39 is 0 Å². The third kappa shape index (κ3) is 3.93. The summed E-state index contributed by atoms with van der Waals surface area (Å²) in [5, 5.41) is 3.40. The Bertz CT molecular complexity index is 485. The van der Waals surface area contributed by atoms with E-state index in [0.717, 1.165) is 48.8 Å². The number of nitrogens with one attached hydrogen (secondary N) is 1. The average molecular weight is 355 g/mol. The minimum atomic E-state index is 0.253. The number of morpholine rings is 1. The van der Waals surface area contributed by atoms with Crippen molar-refractivity contribution in [1.82, 2.24) is 14.9 Å². The highest BCUT2D eigenvalue weighted by Gasteiger charge is 2.31. The molecule has 21 heavy (non-hydrogen) atoms. The molecule has 0 aromatic carbocycles. The van der Waals surface area contributed by atoms with Crippen molar-refractivity contribution >= 4 is 21.7 Å². The average Bonchev–Trinajstić information content (AvgIpc) is 2.92. The quantitative estimate of drug-likeness (QED) is 0.823. The Hall–Kier alpha value is -0.720. The van der Waals surface area contributed by atoms with Crippen molar-refractivity contribution in [2.75, 3.05) is 31.6 Å². The van der Waals surface area contributed by atoms with Crippen molar-refractivity contribution in [3.8, 4) is 0 Å². The third-order valence-electron chi connectivity index (χ3n) is 4.19. The molecule has 0 saturated carbocycles. The number of hydrogen-bond donors (Lipinski definition) is 1. The van der Waals surface area contributed by atoms with Crippen LogP contribution in [-0.4, -0.2) is 53.3 Å². The van der Waals surface area contributed by atoms with Gasteiger partial charge in [-0.1, -0.05) is 6.92 Å². The number of nitrogens with zero attached hydrogens (tertiary/aromatic N) is 3. The molecule has 2 unspecified atom stereocenters. The second-order valence-electron chi connectivity index (χ2n) is 5.87. The van der Waals surface area contributed by atoms with Crippen LogP contribution in [0.2, 0.25) is 0 Å². The molecule has 2 fully saturated rings. The van der Waals surface area contributed by atoms with E-state index >= 15 is 0 Å². The molecule has 1 aromatic heterocycles. The normalized spacial score (nSPS) is 25.8. The number of anilines is 1. The van der Waals surface area contributed by atoms with Gasteiger partial charge in [-0.3, -0.25) is 4.90 Å². The zero-order chi connectivity index (χ0) is 14.7. The SMILES string of the molecule is CCCc1nc(Br)cc(NCC2CN3CCCC3CO2)n1. The first kappa shape index (κ1) is 15.2. The van der Waals surface area contributed by atoms with Gasteiger partial charge in [0.25, 0.3) is 0 Å². The molecule has 0 aliphatic carbocycles. The summed E-state index contributed by atoms with van der Waals surface area (Å²) >= 11 is 3.46. The largest absolute Gasteiger partial charge is 0.373 e. The first-order valence-electron chi connectivity index (χ1n) is 7.87. The monoisotopic (exact) mass is 354 g/mol. The lowest BCUT2D eigenvalue weighted by Gasteiger charge is -2.35. The van der Waals surface area contributed by atoms with Crippen LogP contribution in [0.3, 0.4) is 0 Å². The molecule has 3 rings (SSSR count). The minimum Gasteiger partial charge on any atom is -0.373 e. The fraction of sp³-hybridized carbons (Fsp3) is 0.733. The van der Waals surface area contributed by atoms with Gasteiger partial charge in [0.05, 0.1) is 12.7 Å². The lowest BCUT2D eigenvalue weighted by molar-refractivity contribution is -0.0416. The highest BCUT2D eigenvalue weighted by molar-refractivity contribution is 9.10. The van der Waals surface area contributed by atoms with Crippen molar-refractivity contribution in [3.05, 3.63) is 16.5 Å². The van der Waals surface area contributed by atoms with E-state index in [0.29, 0.717) is 6.04 Å². The van der Waals surface area contributed by atoms with Gasteiger partial charge in [0.2, 0.25) is 0 Å².